The highest BCUT2D eigenvalue weighted by molar-refractivity contribution is 7.89. The van der Waals surface area contributed by atoms with Gasteiger partial charge in [0.1, 0.15) is 6.04 Å². The lowest BCUT2D eigenvalue weighted by atomic mass is 10.1. The highest BCUT2D eigenvalue weighted by Crippen LogP contribution is 2.21. The van der Waals surface area contributed by atoms with Crippen LogP contribution in [-0.2, 0) is 21.4 Å². The third kappa shape index (κ3) is 5.59. The molecule has 1 heterocycles. The number of benzene rings is 2. The van der Waals surface area contributed by atoms with Crippen molar-refractivity contribution in [1.82, 2.24) is 14.8 Å². The molecule has 2 aromatic carbocycles. The first kappa shape index (κ1) is 23.2. The van der Waals surface area contributed by atoms with E-state index in [9.17, 15) is 13.2 Å². The normalized spacial score (nSPS) is 12.0. The van der Waals surface area contributed by atoms with Gasteiger partial charge in [0.2, 0.25) is 10.0 Å². The van der Waals surface area contributed by atoms with Crippen LogP contribution >= 0.6 is 0 Å². The second-order valence-electron chi connectivity index (χ2n) is 7.20. The van der Waals surface area contributed by atoms with Crippen LogP contribution in [0.4, 0.5) is 0 Å². The Balaban J connectivity index is 1.88. The molecule has 3 rings (SSSR count). The highest BCUT2D eigenvalue weighted by atomic mass is 32.2. The quantitative estimate of drug-likeness (QED) is 0.343. The molecule has 2 N–H and O–H groups in total. The predicted octanol–water partition coefficient (Wildman–Crippen LogP) is 2.87. The number of carbonyl (C=O) groups excluding carboxylic acids is 1. The number of hydrogen-bond acceptors (Lipinski definition) is 5. The third-order valence-electron chi connectivity index (χ3n) is 4.85. The average molecular weight is 450 g/mol. The Bertz CT molecular complexity index is 1230. The molecule has 8 heteroatoms. The number of pyridine rings is 1. The molecule has 1 amide bonds. The smallest absolute Gasteiger partial charge is 0.261 e. The van der Waals surface area contributed by atoms with E-state index in [0.717, 1.165) is 15.4 Å². The molecule has 1 aromatic heterocycles. The zero-order chi connectivity index (χ0) is 23.1. The van der Waals surface area contributed by atoms with Crippen LogP contribution in [0.1, 0.15) is 29.2 Å². The molecular weight excluding hydrogens is 426 g/mol. The molecule has 0 radical (unpaired) electrons. The fourth-order valence-corrected chi connectivity index (χ4v) is 4.53. The van der Waals surface area contributed by atoms with Gasteiger partial charge in [-0.1, -0.05) is 35.6 Å². The summed E-state index contributed by atoms with van der Waals surface area (Å²) in [4.78, 5) is 16.0. The number of nitrogens with one attached hydrogen (secondary N) is 1. The fourth-order valence-electron chi connectivity index (χ4n) is 2.95. The Morgan fingerprint density at radius 3 is 2.19 bits per heavy atom. The number of carbonyl (C=O) groups is 1. The van der Waals surface area contributed by atoms with Crippen LogP contribution < -0.4 is 5.48 Å². The van der Waals surface area contributed by atoms with Crippen LogP contribution in [0.3, 0.4) is 0 Å². The van der Waals surface area contributed by atoms with Gasteiger partial charge in [0.05, 0.1) is 4.90 Å². The van der Waals surface area contributed by atoms with Gasteiger partial charge < -0.3 is 0 Å². The highest BCUT2D eigenvalue weighted by Gasteiger charge is 2.33. The molecule has 0 aliphatic rings. The number of aryl methyl sites for hydroxylation is 1. The third-order valence-corrected chi connectivity index (χ3v) is 6.78. The molecule has 0 aliphatic heterocycles. The molecule has 3 aromatic rings. The summed E-state index contributed by atoms with van der Waals surface area (Å²) >= 11 is 0. The first-order chi connectivity index (χ1) is 15.3. The standard InChI is InChI=1S/C24H23N3O4S/c1-18-5-7-20(8-6-18)9-10-21-11-13-23(14-12-21)32(30,31)27(19(2)24(28)26-29)17-22-4-3-15-25-16-22/h3-8,11-16,19,29H,17H2,1-2H3,(H,26,28)/t19-/m1/s1. The van der Waals surface area contributed by atoms with Crippen molar-refractivity contribution in [3.05, 3.63) is 95.3 Å². The molecule has 1 atom stereocenters. The van der Waals surface area contributed by atoms with Crippen LogP contribution in [0, 0.1) is 18.8 Å². The van der Waals surface area contributed by atoms with Crippen LogP contribution in [0.25, 0.3) is 0 Å². The topological polar surface area (TPSA) is 99.6 Å². The summed E-state index contributed by atoms with van der Waals surface area (Å²) in [6.07, 6.45) is 3.10. The summed E-state index contributed by atoms with van der Waals surface area (Å²) in [5.74, 6) is 5.22. The maximum absolute atomic E-state index is 13.3. The minimum absolute atomic E-state index is 0.0138. The number of rotatable bonds is 6. The summed E-state index contributed by atoms with van der Waals surface area (Å²) in [6.45, 7) is 3.32. The van der Waals surface area contributed by atoms with E-state index in [1.54, 1.807) is 30.5 Å². The maximum Gasteiger partial charge on any atom is 0.261 e. The van der Waals surface area contributed by atoms with Gasteiger partial charge in [-0.05, 0) is 61.9 Å². The lowest BCUT2D eigenvalue weighted by Gasteiger charge is -2.27. The van der Waals surface area contributed by atoms with Crippen LogP contribution in [0.5, 0.6) is 0 Å². The number of nitrogens with zero attached hydrogens (tertiary/aromatic N) is 2. The largest absolute Gasteiger partial charge is 0.289 e. The lowest BCUT2D eigenvalue weighted by Crippen LogP contribution is -2.46. The predicted molar refractivity (Wildman–Crippen MR) is 120 cm³/mol. The van der Waals surface area contributed by atoms with Crippen LogP contribution in [0.2, 0.25) is 0 Å². The number of amides is 1. The Kier molecular flexibility index (Phi) is 7.38. The second-order valence-corrected chi connectivity index (χ2v) is 9.09. The zero-order valence-electron chi connectivity index (χ0n) is 17.7. The van der Waals surface area contributed by atoms with E-state index in [2.05, 4.69) is 16.8 Å². The Labute approximate surface area is 187 Å². The lowest BCUT2D eigenvalue weighted by molar-refractivity contribution is -0.132. The molecule has 0 bridgehead atoms. The molecule has 0 spiro atoms. The number of hydroxylamine groups is 1. The van der Waals surface area contributed by atoms with E-state index in [0.29, 0.717) is 11.1 Å². The number of hydrogen-bond donors (Lipinski definition) is 2. The summed E-state index contributed by atoms with van der Waals surface area (Å²) in [7, 11) is -4.06. The van der Waals surface area contributed by atoms with Gasteiger partial charge >= 0.3 is 0 Å². The molecular formula is C24H23N3O4S. The van der Waals surface area contributed by atoms with Gasteiger partial charge in [-0.15, -0.1) is 0 Å². The van der Waals surface area contributed by atoms with Crippen molar-refractivity contribution in [3.63, 3.8) is 0 Å². The van der Waals surface area contributed by atoms with Crippen molar-refractivity contribution in [2.45, 2.75) is 31.3 Å². The minimum atomic E-state index is -4.06. The molecule has 0 saturated heterocycles. The first-order valence-corrected chi connectivity index (χ1v) is 11.3. The van der Waals surface area contributed by atoms with Crippen molar-refractivity contribution in [2.75, 3.05) is 0 Å². The van der Waals surface area contributed by atoms with Crippen molar-refractivity contribution < 1.29 is 18.4 Å². The van der Waals surface area contributed by atoms with Gasteiger partial charge in [-0.25, -0.2) is 13.9 Å². The fraction of sp³-hybridized carbons (Fsp3) is 0.167. The van der Waals surface area contributed by atoms with Gasteiger partial charge in [0.25, 0.3) is 5.91 Å². The molecule has 0 fully saturated rings. The van der Waals surface area contributed by atoms with Gasteiger partial charge in [-0.3, -0.25) is 15.0 Å². The summed E-state index contributed by atoms with van der Waals surface area (Å²) < 4.78 is 27.7. The van der Waals surface area contributed by atoms with Crippen molar-refractivity contribution in [2.24, 2.45) is 0 Å². The Morgan fingerprint density at radius 2 is 1.66 bits per heavy atom. The van der Waals surface area contributed by atoms with E-state index in [-0.39, 0.29) is 11.4 Å². The zero-order valence-corrected chi connectivity index (χ0v) is 18.5. The van der Waals surface area contributed by atoms with E-state index < -0.39 is 22.0 Å². The van der Waals surface area contributed by atoms with E-state index in [4.69, 9.17) is 5.21 Å². The molecule has 7 nitrogen and oxygen atoms in total. The molecule has 32 heavy (non-hydrogen) atoms. The van der Waals surface area contributed by atoms with Gasteiger partial charge in [-0.2, -0.15) is 4.31 Å². The van der Waals surface area contributed by atoms with Crippen LogP contribution in [0.15, 0.2) is 78.0 Å². The molecule has 0 aliphatic carbocycles. The van der Waals surface area contributed by atoms with Crippen molar-refractivity contribution in [3.8, 4) is 11.8 Å². The average Bonchev–Trinajstić information content (AvgIpc) is 2.82. The summed E-state index contributed by atoms with van der Waals surface area (Å²) in [5.41, 5.74) is 4.79. The van der Waals surface area contributed by atoms with E-state index >= 15 is 0 Å². The van der Waals surface area contributed by atoms with Gasteiger partial charge in [0.15, 0.2) is 0 Å². The van der Waals surface area contributed by atoms with E-state index in [1.807, 2.05) is 31.2 Å². The SMILES string of the molecule is Cc1ccc(C#Cc2ccc(S(=O)(=O)N(Cc3cccnc3)[C@H](C)C(=O)NO)cc2)cc1. The monoisotopic (exact) mass is 449 g/mol. The second kappa shape index (κ2) is 10.2. The van der Waals surface area contributed by atoms with Gasteiger partial charge in [0, 0.05) is 30.1 Å². The van der Waals surface area contributed by atoms with Crippen molar-refractivity contribution >= 4 is 15.9 Å². The van der Waals surface area contributed by atoms with Crippen LogP contribution in [-0.4, -0.2) is 34.9 Å². The number of aromatic nitrogens is 1. The number of sulfonamides is 1. The molecule has 164 valence electrons. The molecule has 0 unspecified atom stereocenters. The Morgan fingerprint density at radius 1 is 1.06 bits per heavy atom. The molecule has 0 saturated carbocycles. The minimum Gasteiger partial charge on any atom is -0.289 e. The summed E-state index contributed by atoms with van der Waals surface area (Å²) in [6, 6.07) is 16.2. The van der Waals surface area contributed by atoms with Crippen molar-refractivity contribution in [1.29, 1.82) is 0 Å². The first-order valence-electron chi connectivity index (χ1n) is 9.84. The Hall–Kier alpha value is -3.51. The summed E-state index contributed by atoms with van der Waals surface area (Å²) in [5, 5.41) is 9.01. The maximum atomic E-state index is 13.3. The van der Waals surface area contributed by atoms with E-state index in [1.165, 1.54) is 30.7 Å².